The van der Waals surface area contributed by atoms with Crippen LogP contribution >= 0.6 is 0 Å². The van der Waals surface area contributed by atoms with Crippen molar-refractivity contribution in [3.63, 3.8) is 0 Å². The summed E-state index contributed by atoms with van der Waals surface area (Å²) in [4.78, 5) is 13.9. The van der Waals surface area contributed by atoms with Gasteiger partial charge in [-0.05, 0) is 25.7 Å². The third kappa shape index (κ3) is 1.87. The fourth-order valence-corrected chi connectivity index (χ4v) is 2.36. The van der Waals surface area contributed by atoms with Gasteiger partial charge in [-0.3, -0.25) is 4.79 Å². The number of hydrogen-bond acceptors (Lipinski definition) is 1. The van der Waals surface area contributed by atoms with Crippen LogP contribution in [0.25, 0.3) is 0 Å². The smallest absolute Gasteiger partial charge is 0.226 e. The molecular formula is C11H21NO. The summed E-state index contributed by atoms with van der Waals surface area (Å²) in [6.45, 7) is 11.6. The van der Waals surface area contributed by atoms with Crippen LogP contribution in [0, 0.1) is 17.8 Å². The SMILES string of the molecule is CC(C)C1C(=O)N(C(C)C)CC1C. The third-order valence-corrected chi connectivity index (χ3v) is 3.01. The molecule has 1 rings (SSSR count). The van der Waals surface area contributed by atoms with Gasteiger partial charge in [-0.15, -0.1) is 0 Å². The molecule has 1 aliphatic heterocycles. The molecule has 1 fully saturated rings. The molecule has 1 heterocycles. The van der Waals surface area contributed by atoms with Crippen molar-refractivity contribution < 1.29 is 4.79 Å². The van der Waals surface area contributed by atoms with Crippen LogP contribution in [0.5, 0.6) is 0 Å². The van der Waals surface area contributed by atoms with Gasteiger partial charge in [-0.2, -0.15) is 0 Å². The van der Waals surface area contributed by atoms with Crippen LogP contribution in [-0.4, -0.2) is 23.4 Å². The topological polar surface area (TPSA) is 20.3 Å². The van der Waals surface area contributed by atoms with Crippen LogP contribution < -0.4 is 0 Å². The summed E-state index contributed by atoms with van der Waals surface area (Å²) in [6, 6.07) is 0.360. The van der Waals surface area contributed by atoms with E-state index in [9.17, 15) is 4.79 Å². The summed E-state index contributed by atoms with van der Waals surface area (Å²) in [7, 11) is 0. The van der Waals surface area contributed by atoms with Crippen LogP contribution in [0.4, 0.5) is 0 Å². The van der Waals surface area contributed by atoms with E-state index in [2.05, 4.69) is 34.6 Å². The first-order chi connectivity index (χ1) is 5.95. The lowest BCUT2D eigenvalue weighted by Crippen LogP contribution is -2.34. The highest BCUT2D eigenvalue weighted by molar-refractivity contribution is 5.81. The number of nitrogens with zero attached hydrogens (tertiary/aromatic N) is 1. The van der Waals surface area contributed by atoms with Gasteiger partial charge >= 0.3 is 0 Å². The number of carbonyl (C=O) groups excluding carboxylic acids is 1. The Labute approximate surface area is 81.3 Å². The van der Waals surface area contributed by atoms with Crippen molar-refractivity contribution in [3.05, 3.63) is 0 Å². The lowest BCUT2D eigenvalue weighted by Gasteiger charge is -2.21. The number of hydrogen-bond donors (Lipinski definition) is 0. The highest BCUT2D eigenvalue weighted by Gasteiger charge is 2.40. The number of carbonyl (C=O) groups is 1. The minimum absolute atomic E-state index is 0.252. The van der Waals surface area contributed by atoms with Crippen molar-refractivity contribution in [2.24, 2.45) is 17.8 Å². The Bertz CT molecular complexity index is 198. The maximum absolute atomic E-state index is 11.9. The zero-order chi connectivity index (χ0) is 10.2. The van der Waals surface area contributed by atoms with Gasteiger partial charge < -0.3 is 4.90 Å². The van der Waals surface area contributed by atoms with E-state index < -0.39 is 0 Å². The molecule has 0 aromatic heterocycles. The standard InChI is InChI=1S/C11H21NO/c1-7(2)10-9(5)6-12(8(3)4)11(10)13/h7-10H,6H2,1-5H3. The molecule has 2 atom stereocenters. The number of likely N-dealkylation sites (tertiary alicyclic amines) is 1. The molecule has 1 aliphatic rings. The van der Waals surface area contributed by atoms with E-state index in [1.807, 2.05) is 4.90 Å². The first kappa shape index (κ1) is 10.6. The van der Waals surface area contributed by atoms with Crippen molar-refractivity contribution in [2.45, 2.75) is 40.7 Å². The molecule has 2 heteroatoms. The van der Waals surface area contributed by atoms with Gasteiger partial charge in [0, 0.05) is 18.5 Å². The van der Waals surface area contributed by atoms with Gasteiger partial charge in [-0.25, -0.2) is 0 Å². The van der Waals surface area contributed by atoms with Crippen LogP contribution in [0.1, 0.15) is 34.6 Å². The Hall–Kier alpha value is -0.530. The monoisotopic (exact) mass is 183 g/mol. The first-order valence-electron chi connectivity index (χ1n) is 5.25. The number of amides is 1. The molecule has 0 aromatic carbocycles. The van der Waals surface area contributed by atoms with Gasteiger partial charge in [0.2, 0.25) is 5.91 Å². The molecule has 0 bridgehead atoms. The second-order valence-corrected chi connectivity index (χ2v) is 4.83. The molecule has 0 aliphatic carbocycles. The van der Waals surface area contributed by atoms with Crippen LogP contribution in [0.2, 0.25) is 0 Å². The second-order valence-electron chi connectivity index (χ2n) is 4.83. The molecule has 2 unspecified atom stereocenters. The molecule has 0 spiro atoms. The Morgan fingerprint density at radius 3 is 2.08 bits per heavy atom. The predicted octanol–water partition coefficient (Wildman–Crippen LogP) is 2.15. The Morgan fingerprint density at radius 1 is 1.31 bits per heavy atom. The minimum Gasteiger partial charge on any atom is -0.340 e. The summed E-state index contributed by atoms with van der Waals surface area (Å²) in [5, 5.41) is 0. The molecule has 13 heavy (non-hydrogen) atoms. The van der Waals surface area contributed by atoms with Gasteiger partial charge in [0.05, 0.1) is 0 Å². The normalized spacial score (nSPS) is 29.5. The lowest BCUT2D eigenvalue weighted by atomic mass is 9.87. The molecule has 1 amide bonds. The van der Waals surface area contributed by atoms with Crippen LogP contribution in [-0.2, 0) is 4.79 Å². The fourth-order valence-electron chi connectivity index (χ4n) is 2.36. The van der Waals surface area contributed by atoms with Gasteiger partial charge in [0.25, 0.3) is 0 Å². The molecule has 1 saturated heterocycles. The summed E-state index contributed by atoms with van der Waals surface area (Å²) in [6.07, 6.45) is 0. The Kier molecular flexibility index (Phi) is 2.99. The van der Waals surface area contributed by atoms with Crippen molar-refractivity contribution in [2.75, 3.05) is 6.54 Å². The molecule has 2 nitrogen and oxygen atoms in total. The predicted molar refractivity (Wildman–Crippen MR) is 54.3 cm³/mol. The van der Waals surface area contributed by atoms with E-state index in [-0.39, 0.29) is 5.92 Å². The average molecular weight is 183 g/mol. The van der Waals surface area contributed by atoms with E-state index >= 15 is 0 Å². The van der Waals surface area contributed by atoms with Gasteiger partial charge in [0.15, 0.2) is 0 Å². The van der Waals surface area contributed by atoms with Crippen molar-refractivity contribution in [1.82, 2.24) is 4.90 Å². The van der Waals surface area contributed by atoms with Crippen LogP contribution in [0.3, 0.4) is 0 Å². The molecule has 0 saturated carbocycles. The quantitative estimate of drug-likeness (QED) is 0.642. The van der Waals surface area contributed by atoms with Crippen molar-refractivity contribution >= 4 is 5.91 Å². The summed E-state index contributed by atoms with van der Waals surface area (Å²) >= 11 is 0. The van der Waals surface area contributed by atoms with E-state index in [1.54, 1.807) is 0 Å². The highest BCUT2D eigenvalue weighted by atomic mass is 16.2. The van der Waals surface area contributed by atoms with E-state index in [0.717, 1.165) is 6.54 Å². The maximum atomic E-state index is 11.9. The average Bonchev–Trinajstić information content (AvgIpc) is 2.26. The second kappa shape index (κ2) is 3.69. The first-order valence-corrected chi connectivity index (χ1v) is 5.25. The van der Waals surface area contributed by atoms with Gasteiger partial charge in [0.1, 0.15) is 0 Å². The minimum atomic E-state index is 0.252. The van der Waals surface area contributed by atoms with E-state index in [0.29, 0.717) is 23.8 Å². The molecule has 0 aromatic rings. The van der Waals surface area contributed by atoms with E-state index in [1.165, 1.54) is 0 Å². The zero-order valence-corrected chi connectivity index (χ0v) is 9.37. The summed E-state index contributed by atoms with van der Waals surface area (Å²) in [5.41, 5.74) is 0. The van der Waals surface area contributed by atoms with Gasteiger partial charge in [-0.1, -0.05) is 20.8 Å². The lowest BCUT2D eigenvalue weighted by molar-refractivity contribution is -0.133. The van der Waals surface area contributed by atoms with E-state index in [4.69, 9.17) is 0 Å². The molecule has 76 valence electrons. The Balaban J connectivity index is 2.75. The van der Waals surface area contributed by atoms with Crippen molar-refractivity contribution in [3.8, 4) is 0 Å². The molecule has 0 N–H and O–H groups in total. The third-order valence-electron chi connectivity index (χ3n) is 3.01. The molecular weight excluding hydrogens is 162 g/mol. The zero-order valence-electron chi connectivity index (χ0n) is 9.37. The highest BCUT2D eigenvalue weighted by Crippen LogP contribution is 2.31. The molecule has 0 radical (unpaired) electrons. The van der Waals surface area contributed by atoms with Crippen LogP contribution in [0.15, 0.2) is 0 Å². The fraction of sp³-hybridized carbons (Fsp3) is 0.909. The Morgan fingerprint density at radius 2 is 1.85 bits per heavy atom. The summed E-state index contributed by atoms with van der Waals surface area (Å²) in [5.74, 6) is 1.61. The summed E-state index contributed by atoms with van der Waals surface area (Å²) < 4.78 is 0. The largest absolute Gasteiger partial charge is 0.340 e. The maximum Gasteiger partial charge on any atom is 0.226 e. The number of rotatable bonds is 2. The van der Waals surface area contributed by atoms with Crippen molar-refractivity contribution in [1.29, 1.82) is 0 Å².